The standard InChI is InChI=1S/C18H15ClN4O5/c1-3-27-13(24)9-23-16(25)14-15(21(2)18(23)26)20-17-22(14)8-12(28-17)10-4-6-11(19)7-5-10/h4-8H,3,9H2,1-2H3. The molecule has 28 heavy (non-hydrogen) atoms. The summed E-state index contributed by atoms with van der Waals surface area (Å²) < 4.78 is 14.1. The van der Waals surface area contributed by atoms with Gasteiger partial charge in [-0.1, -0.05) is 11.6 Å². The number of carbonyl (C=O) groups is 1. The molecule has 0 saturated carbocycles. The summed E-state index contributed by atoms with van der Waals surface area (Å²) in [4.78, 5) is 41.5. The highest BCUT2D eigenvalue weighted by Gasteiger charge is 2.21. The third-order valence-electron chi connectivity index (χ3n) is 4.31. The number of hydrogen-bond donors (Lipinski definition) is 0. The van der Waals surface area contributed by atoms with Gasteiger partial charge < -0.3 is 9.15 Å². The second kappa shape index (κ2) is 6.68. The van der Waals surface area contributed by atoms with Crippen molar-refractivity contribution in [1.29, 1.82) is 0 Å². The summed E-state index contributed by atoms with van der Waals surface area (Å²) in [7, 11) is 1.47. The van der Waals surface area contributed by atoms with Crippen molar-refractivity contribution in [2.75, 3.05) is 6.61 Å². The third-order valence-corrected chi connectivity index (χ3v) is 4.56. The summed E-state index contributed by atoms with van der Waals surface area (Å²) in [5, 5.41) is 0.586. The minimum Gasteiger partial charge on any atom is -0.465 e. The number of hydrogen-bond acceptors (Lipinski definition) is 6. The van der Waals surface area contributed by atoms with Gasteiger partial charge in [-0.2, -0.15) is 4.98 Å². The second-order valence-electron chi connectivity index (χ2n) is 6.08. The molecule has 3 aromatic heterocycles. The topological polar surface area (TPSA) is 101 Å². The first-order valence-corrected chi connectivity index (χ1v) is 8.81. The van der Waals surface area contributed by atoms with Crippen molar-refractivity contribution in [2.24, 2.45) is 7.05 Å². The van der Waals surface area contributed by atoms with Gasteiger partial charge in [0.05, 0.1) is 12.8 Å². The Morgan fingerprint density at radius 1 is 1.25 bits per heavy atom. The van der Waals surface area contributed by atoms with Crippen molar-refractivity contribution in [1.82, 2.24) is 18.5 Å². The molecule has 9 nitrogen and oxygen atoms in total. The highest BCUT2D eigenvalue weighted by Crippen LogP contribution is 2.25. The van der Waals surface area contributed by atoms with E-state index in [4.69, 9.17) is 20.8 Å². The van der Waals surface area contributed by atoms with E-state index < -0.39 is 23.8 Å². The molecule has 3 heterocycles. The predicted octanol–water partition coefficient (Wildman–Crippen LogP) is 1.82. The van der Waals surface area contributed by atoms with Crippen molar-refractivity contribution in [2.45, 2.75) is 13.5 Å². The maximum Gasteiger partial charge on any atom is 0.333 e. The molecule has 0 saturated heterocycles. The lowest BCUT2D eigenvalue weighted by Gasteiger charge is -2.07. The molecule has 4 rings (SSSR count). The Hall–Kier alpha value is -3.33. The van der Waals surface area contributed by atoms with Crippen molar-refractivity contribution < 1.29 is 13.9 Å². The molecule has 1 aromatic carbocycles. The normalized spacial score (nSPS) is 11.4. The van der Waals surface area contributed by atoms with Crippen LogP contribution in [0.15, 0.2) is 44.5 Å². The lowest BCUT2D eigenvalue weighted by atomic mass is 10.2. The van der Waals surface area contributed by atoms with E-state index in [0.717, 1.165) is 10.1 Å². The van der Waals surface area contributed by atoms with Crippen LogP contribution in [0, 0.1) is 0 Å². The van der Waals surface area contributed by atoms with Crippen LogP contribution in [0.3, 0.4) is 0 Å². The quantitative estimate of drug-likeness (QED) is 0.483. The van der Waals surface area contributed by atoms with Gasteiger partial charge in [0.15, 0.2) is 16.9 Å². The summed E-state index contributed by atoms with van der Waals surface area (Å²) in [5.74, 6) is -0.0388. The van der Waals surface area contributed by atoms with Gasteiger partial charge in [0.2, 0.25) is 0 Å². The molecule has 0 spiro atoms. The largest absolute Gasteiger partial charge is 0.465 e. The molecule has 0 unspecified atom stereocenters. The molecule has 0 bridgehead atoms. The van der Waals surface area contributed by atoms with Gasteiger partial charge in [0.25, 0.3) is 5.56 Å². The predicted molar refractivity (Wildman–Crippen MR) is 102 cm³/mol. The molecule has 0 atom stereocenters. The molecular formula is C18H15ClN4O5. The van der Waals surface area contributed by atoms with Gasteiger partial charge in [-0.05, 0) is 31.2 Å². The molecule has 0 aliphatic rings. The van der Waals surface area contributed by atoms with Crippen LogP contribution in [-0.2, 0) is 23.1 Å². The average Bonchev–Trinajstić information content (AvgIpc) is 3.22. The van der Waals surface area contributed by atoms with Gasteiger partial charge in [0, 0.05) is 17.6 Å². The van der Waals surface area contributed by atoms with Crippen LogP contribution in [0.2, 0.25) is 5.02 Å². The molecule has 0 fully saturated rings. The zero-order chi connectivity index (χ0) is 20.0. The third kappa shape index (κ3) is 2.80. The van der Waals surface area contributed by atoms with Gasteiger partial charge >= 0.3 is 17.5 Å². The van der Waals surface area contributed by atoms with E-state index in [1.54, 1.807) is 37.4 Å². The van der Waals surface area contributed by atoms with Crippen molar-refractivity contribution in [3.63, 3.8) is 0 Å². The van der Waals surface area contributed by atoms with E-state index in [9.17, 15) is 14.4 Å². The van der Waals surface area contributed by atoms with Crippen LogP contribution in [0.1, 0.15) is 6.92 Å². The fraction of sp³-hybridized carbons (Fsp3) is 0.222. The van der Waals surface area contributed by atoms with Gasteiger partial charge in [-0.25, -0.2) is 9.36 Å². The van der Waals surface area contributed by atoms with Crippen LogP contribution in [0.5, 0.6) is 0 Å². The maximum absolute atomic E-state index is 12.9. The fourth-order valence-corrected chi connectivity index (χ4v) is 3.10. The highest BCUT2D eigenvalue weighted by molar-refractivity contribution is 6.30. The first kappa shape index (κ1) is 18.1. The average molecular weight is 403 g/mol. The Kier molecular flexibility index (Phi) is 4.31. The lowest BCUT2D eigenvalue weighted by molar-refractivity contribution is -0.143. The molecule has 0 amide bonds. The van der Waals surface area contributed by atoms with Crippen molar-refractivity contribution in [3.05, 3.63) is 56.3 Å². The minimum absolute atomic E-state index is 0.130. The summed E-state index contributed by atoms with van der Waals surface area (Å²) in [6.07, 6.45) is 1.61. The summed E-state index contributed by atoms with van der Waals surface area (Å²) in [6.45, 7) is 1.32. The van der Waals surface area contributed by atoms with E-state index >= 15 is 0 Å². The van der Waals surface area contributed by atoms with Crippen molar-refractivity contribution >= 4 is 34.6 Å². The Morgan fingerprint density at radius 3 is 2.64 bits per heavy atom. The first-order valence-electron chi connectivity index (χ1n) is 8.43. The fourth-order valence-electron chi connectivity index (χ4n) is 2.98. The molecule has 0 aliphatic heterocycles. The van der Waals surface area contributed by atoms with Gasteiger partial charge in [-0.3, -0.25) is 18.6 Å². The van der Waals surface area contributed by atoms with Gasteiger partial charge in [0.1, 0.15) is 6.54 Å². The van der Waals surface area contributed by atoms with Crippen LogP contribution in [0.25, 0.3) is 28.3 Å². The van der Waals surface area contributed by atoms with E-state index in [1.807, 2.05) is 0 Å². The summed E-state index contributed by atoms with van der Waals surface area (Å²) in [5.41, 5.74) is -0.270. The SMILES string of the molecule is CCOC(=O)Cn1c(=O)c2c(nc3oc(-c4ccc(Cl)cc4)cn32)n(C)c1=O. The molecule has 0 aliphatic carbocycles. The second-order valence-corrected chi connectivity index (χ2v) is 6.51. The number of esters is 1. The number of nitrogens with zero attached hydrogens (tertiary/aromatic N) is 4. The summed E-state index contributed by atoms with van der Waals surface area (Å²) >= 11 is 5.91. The number of fused-ring (bicyclic) bond motifs is 3. The van der Waals surface area contributed by atoms with Crippen LogP contribution in [-0.4, -0.2) is 31.1 Å². The Labute approximate surface area is 162 Å². The zero-order valence-corrected chi connectivity index (χ0v) is 15.8. The number of benzene rings is 1. The van der Waals surface area contributed by atoms with Crippen LogP contribution >= 0.6 is 11.6 Å². The number of oxazole rings is 1. The molecule has 144 valence electrons. The number of imidazole rings is 1. The first-order chi connectivity index (χ1) is 13.4. The molecule has 0 N–H and O–H groups in total. The monoisotopic (exact) mass is 402 g/mol. The van der Waals surface area contributed by atoms with Crippen LogP contribution in [0.4, 0.5) is 0 Å². The van der Waals surface area contributed by atoms with E-state index in [2.05, 4.69) is 4.98 Å². The Balaban J connectivity index is 1.93. The molecule has 0 radical (unpaired) electrons. The number of carbonyl (C=O) groups excluding carboxylic acids is 1. The highest BCUT2D eigenvalue weighted by atomic mass is 35.5. The number of aryl methyl sites for hydroxylation is 1. The van der Waals surface area contributed by atoms with E-state index in [0.29, 0.717) is 10.8 Å². The molecular weight excluding hydrogens is 388 g/mol. The number of rotatable bonds is 4. The number of ether oxygens (including phenoxy) is 1. The number of aromatic nitrogens is 4. The zero-order valence-electron chi connectivity index (χ0n) is 15.0. The Morgan fingerprint density at radius 2 is 1.96 bits per heavy atom. The number of halogens is 1. The molecule has 10 heteroatoms. The van der Waals surface area contributed by atoms with E-state index in [-0.39, 0.29) is 23.6 Å². The smallest absolute Gasteiger partial charge is 0.333 e. The van der Waals surface area contributed by atoms with Crippen LogP contribution < -0.4 is 11.2 Å². The molecule has 4 aromatic rings. The van der Waals surface area contributed by atoms with E-state index in [1.165, 1.54) is 16.0 Å². The Bertz CT molecular complexity index is 1330. The maximum atomic E-state index is 12.9. The summed E-state index contributed by atoms with van der Waals surface area (Å²) in [6, 6.07) is 6.99. The lowest BCUT2D eigenvalue weighted by Crippen LogP contribution is -2.41. The minimum atomic E-state index is -0.671. The van der Waals surface area contributed by atoms with Crippen molar-refractivity contribution in [3.8, 4) is 11.3 Å². The van der Waals surface area contributed by atoms with Gasteiger partial charge in [-0.15, -0.1) is 0 Å².